The van der Waals surface area contributed by atoms with Gasteiger partial charge in [-0.3, -0.25) is 9.59 Å². The van der Waals surface area contributed by atoms with Crippen LogP contribution in [0.3, 0.4) is 0 Å². The maximum atomic E-state index is 12.1. The zero-order valence-electron chi connectivity index (χ0n) is 11.8. The van der Waals surface area contributed by atoms with E-state index in [0.717, 1.165) is 35.7 Å². The zero-order chi connectivity index (χ0) is 14.8. The van der Waals surface area contributed by atoms with Crippen molar-refractivity contribution >= 4 is 16.8 Å². The Kier molecular flexibility index (Phi) is 3.75. The molecule has 5 heteroatoms. The van der Waals surface area contributed by atoms with Crippen LogP contribution in [-0.4, -0.2) is 16.9 Å². The van der Waals surface area contributed by atoms with Crippen LogP contribution in [0, 0.1) is 5.92 Å². The van der Waals surface area contributed by atoms with Crippen molar-refractivity contribution in [3.63, 3.8) is 0 Å². The normalized spacial score (nSPS) is 21.6. The number of aromatic nitrogens is 1. The van der Waals surface area contributed by atoms with Crippen LogP contribution in [0.5, 0.6) is 0 Å². The Morgan fingerprint density at radius 2 is 2.14 bits per heavy atom. The first-order valence-electron chi connectivity index (χ1n) is 7.28. The molecule has 1 aromatic heterocycles. The quantitative estimate of drug-likeness (QED) is 0.793. The van der Waals surface area contributed by atoms with Crippen LogP contribution in [-0.2, 0) is 11.3 Å². The average Bonchev–Trinajstić information content (AvgIpc) is 2.91. The smallest absolute Gasteiger partial charge is 0.248 e. The first-order valence-corrected chi connectivity index (χ1v) is 7.28. The highest BCUT2D eigenvalue weighted by Crippen LogP contribution is 2.24. The average molecular weight is 285 g/mol. The van der Waals surface area contributed by atoms with E-state index in [1.807, 2.05) is 24.3 Å². The Morgan fingerprint density at radius 3 is 2.90 bits per heavy atom. The van der Waals surface area contributed by atoms with Gasteiger partial charge in [0, 0.05) is 35.5 Å². The number of benzene rings is 1. The van der Waals surface area contributed by atoms with Crippen molar-refractivity contribution in [3.8, 4) is 0 Å². The molecule has 4 N–H and O–H groups in total. The van der Waals surface area contributed by atoms with E-state index in [-0.39, 0.29) is 23.4 Å². The fourth-order valence-corrected chi connectivity index (χ4v) is 3.00. The minimum Gasteiger partial charge on any atom is -0.352 e. The SMILES string of the molecule is NC1CCC(C(=O)NCc2cc(=O)[nH]c3ccccc23)C1. The van der Waals surface area contributed by atoms with Crippen LogP contribution in [0.25, 0.3) is 10.9 Å². The molecule has 0 radical (unpaired) electrons. The lowest BCUT2D eigenvalue weighted by Crippen LogP contribution is -2.30. The second kappa shape index (κ2) is 5.69. The van der Waals surface area contributed by atoms with Gasteiger partial charge in [0.05, 0.1) is 0 Å². The number of carbonyl (C=O) groups excluding carboxylic acids is 1. The fraction of sp³-hybridized carbons (Fsp3) is 0.375. The molecular weight excluding hydrogens is 266 g/mol. The summed E-state index contributed by atoms with van der Waals surface area (Å²) in [6.45, 7) is 0.370. The highest BCUT2D eigenvalue weighted by molar-refractivity contribution is 5.83. The summed E-state index contributed by atoms with van der Waals surface area (Å²) in [6.07, 6.45) is 2.51. The molecule has 3 rings (SSSR count). The number of rotatable bonds is 3. The number of para-hydroxylation sites is 1. The summed E-state index contributed by atoms with van der Waals surface area (Å²) in [5.74, 6) is 0.0422. The number of hydrogen-bond acceptors (Lipinski definition) is 3. The standard InChI is InChI=1S/C16H19N3O2/c17-12-6-5-10(7-12)16(21)18-9-11-8-15(20)19-14-4-2-1-3-13(11)14/h1-4,8,10,12H,5-7,9,17H2,(H,18,21)(H,19,20). The molecule has 5 nitrogen and oxygen atoms in total. The van der Waals surface area contributed by atoms with Gasteiger partial charge in [0.2, 0.25) is 11.5 Å². The van der Waals surface area contributed by atoms with Crippen molar-refractivity contribution in [1.82, 2.24) is 10.3 Å². The third-order valence-electron chi connectivity index (χ3n) is 4.13. The predicted octanol–water partition coefficient (Wildman–Crippen LogP) is 1.27. The van der Waals surface area contributed by atoms with Crippen LogP contribution in [0.1, 0.15) is 24.8 Å². The van der Waals surface area contributed by atoms with Gasteiger partial charge in [0.25, 0.3) is 0 Å². The Bertz CT molecular complexity index is 723. The second-order valence-corrected chi connectivity index (χ2v) is 5.69. The van der Waals surface area contributed by atoms with Gasteiger partial charge >= 0.3 is 0 Å². The van der Waals surface area contributed by atoms with Gasteiger partial charge in [-0.05, 0) is 30.9 Å². The monoisotopic (exact) mass is 285 g/mol. The van der Waals surface area contributed by atoms with Crippen LogP contribution in [0.4, 0.5) is 0 Å². The molecule has 1 heterocycles. The summed E-state index contributed by atoms with van der Waals surface area (Å²) in [4.78, 5) is 26.6. The van der Waals surface area contributed by atoms with Crippen molar-refractivity contribution < 1.29 is 4.79 Å². The Morgan fingerprint density at radius 1 is 1.33 bits per heavy atom. The third-order valence-corrected chi connectivity index (χ3v) is 4.13. The molecule has 0 spiro atoms. The zero-order valence-corrected chi connectivity index (χ0v) is 11.8. The van der Waals surface area contributed by atoms with Crippen molar-refractivity contribution in [2.75, 3.05) is 0 Å². The van der Waals surface area contributed by atoms with Crippen LogP contribution in [0.2, 0.25) is 0 Å². The van der Waals surface area contributed by atoms with Crippen molar-refractivity contribution in [3.05, 3.63) is 46.2 Å². The molecule has 1 saturated carbocycles. The van der Waals surface area contributed by atoms with Gasteiger partial charge in [-0.25, -0.2) is 0 Å². The van der Waals surface area contributed by atoms with E-state index in [2.05, 4.69) is 10.3 Å². The number of nitrogens with one attached hydrogen (secondary N) is 2. The number of H-pyrrole nitrogens is 1. The Labute approximate surface area is 122 Å². The van der Waals surface area contributed by atoms with E-state index in [9.17, 15) is 9.59 Å². The molecule has 21 heavy (non-hydrogen) atoms. The second-order valence-electron chi connectivity index (χ2n) is 5.69. The minimum absolute atomic E-state index is 0.00765. The molecule has 110 valence electrons. The van der Waals surface area contributed by atoms with Crippen molar-refractivity contribution in [2.24, 2.45) is 11.7 Å². The third kappa shape index (κ3) is 2.97. The number of carbonyl (C=O) groups is 1. The molecule has 1 fully saturated rings. The number of amides is 1. The molecule has 1 aliphatic carbocycles. The lowest BCUT2D eigenvalue weighted by Gasteiger charge is -2.12. The van der Waals surface area contributed by atoms with Gasteiger partial charge in [-0.1, -0.05) is 18.2 Å². The number of aromatic amines is 1. The molecule has 0 bridgehead atoms. The molecule has 0 saturated heterocycles. The first kappa shape index (κ1) is 13.8. The summed E-state index contributed by atoms with van der Waals surface area (Å²) in [5, 5.41) is 3.89. The molecule has 0 aliphatic heterocycles. The first-order chi connectivity index (χ1) is 10.1. The van der Waals surface area contributed by atoms with Gasteiger partial charge in [-0.2, -0.15) is 0 Å². The van der Waals surface area contributed by atoms with E-state index >= 15 is 0 Å². The van der Waals surface area contributed by atoms with Crippen LogP contribution >= 0.6 is 0 Å². The van der Waals surface area contributed by atoms with E-state index in [4.69, 9.17) is 5.73 Å². The number of hydrogen-bond donors (Lipinski definition) is 3. The molecule has 2 aromatic rings. The summed E-state index contributed by atoms with van der Waals surface area (Å²) in [7, 11) is 0. The fourth-order valence-electron chi connectivity index (χ4n) is 3.00. The lowest BCUT2D eigenvalue weighted by atomic mass is 10.1. The topological polar surface area (TPSA) is 88.0 Å². The highest BCUT2D eigenvalue weighted by atomic mass is 16.2. The summed E-state index contributed by atoms with van der Waals surface area (Å²) in [6, 6.07) is 9.28. The molecule has 1 aliphatic rings. The number of fused-ring (bicyclic) bond motifs is 1. The van der Waals surface area contributed by atoms with Crippen LogP contribution in [0.15, 0.2) is 35.1 Å². The van der Waals surface area contributed by atoms with E-state index in [1.54, 1.807) is 6.07 Å². The molecular formula is C16H19N3O2. The van der Waals surface area contributed by atoms with Crippen molar-refractivity contribution in [2.45, 2.75) is 31.8 Å². The van der Waals surface area contributed by atoms with Crippen LogP contribution < -0.4 is 16.6 Å². The Balaban J connectivity index is 1.76. The van der Waals surface area contributed by atoms with Gasteiger partial charge < -0.3 is 16.0 Å². The maximum Gasteiger partial charge on any atom is 0.248 e. The van der Waals surface area contributed by atoms with Gasteiger partial charge in [0.15, 0.2) is 0 Å². The summed E-state index contributed by atoms with van der Waals surface area (Å²) < 4.78 is 0. The predicted molar refractivity (Wildman–Crippen MR) is 81.7 cm³/mol. The highest BCUT2D eigenvalue weighted by Gasteiger charge is 2.27. The molecule has 1 amide bonds. The Hall–Kier alpha value is -2.14. The van der Waals surface area contributed by atoms with Gasteiger partial charge in [-0.15, -0.1) is 0 Å². The summed E-state index contributed by atoms with van der Waals surface area (Å²) in [5.41, 5.74) is 7.31. The van der Waals surface area contributed by atoms with Gasteiger partial charge in [0.1, 0.15) is 0 Å². The van der Waals surface area contributed by atoms with Crippen molar-refractivity contribution in [1.29, 1.82) is 0 Å². The molecule has 2 atom stereocenters. The number of pyridine rings is 1. The van der Waals surface area contributed by atoms with E-state index < -0.39 is 0 Å². The lowest BCUT2D eigenvalue weighted by molar-refractivity contribution is -0.125. The minimum atomic E-state index is -0.152. The summed E-state index contributed by atoms with van der Waals surface area (Å²) >= 11 is 0. The largest absolute Gasteiger partial charge is 0.352 e. The van der Waals surface area contributed by atoms with E-state index in [1.165, 1.54) is 0 Å². The van der Waals surface area contributed by atoms with E-state index in [0.29, 0.717) is 6.54 Å². The molecule has 1 aromatic carbocycles. The number of nitrogens with two attached hydrogens (primary N) is 1. The maximum absolute atomic E-state index is 12.1. The molecule has 2 unspecified atom stereocenters.